The Morgan fingerprint density at radius 3 is 2.54 bits per heavy atom. The second-order valence-electron chi connectivity index (χ2n) is 10.1. The van der Waals surface area contributed by atoms with Gasteiger partial charge in [-0.2, -0.15) is 0 Å². The van der Waals surface area contributed by atoms with Crippen molar-refractivity contribution >= 4 is 23.3 Å². The second-order valence-corrected chi connectivity index (χ2v) is 10.1. The maximum Gasteiger partial charge on any atom is 0.341 e. The zero-order valence-corrected chi connectivity index (χ0v) is 20.4. The Labute approximate surface area is 204 Å². The van der Waals surface area contributed by atoms with Gasteiger partial charge in [-0.05, 0) is 36.5 Å². The second kappa shape index (κ2) is 9.64. The zero-order valence-electron chi connectivity index (χ0n) is 20.4. The smallest absolute Gasteiger partial charge is 0.341 e. The number of halogens is 1. The third kappa shape index (κ3) is 5.13. The summed E-state index contributed by atoms with van der Waals surface area (Å²) in [5.41, 5.74) is 3.06. The van der Waals surface area contributed by atoms with Crippen LogP contribution in [0.25, 0.3) is 0 Å². The van der Waals surface area contributed by atoms with Gasteiger partial charge in [0.2, 0.25) is 0 Å². The quantitative estimate of drug-likeness (QED) is 0.549. The minimum atomic E-state index is -1.06. The van der Waals surface area contributed by atoms with E-state index in [0.717, 1.165) is 42.7 Å². The Bertz CT molecular complexity index is 1170. The molecular formula is C26H31FN4O4. The number of hydrogen-bond donors (Lipinski definition) is 2. The van der Waals surface area contributed by atoms with Crippen LogP contribution >= 0.6 is 0 Å². The summed E-state index contributed by atoms with van der Waals surface area (Å²) >= 11 is 0. The first-order chi connectivity index (χ1) is 16.6. The van der Waals surface area contributed by atoms with Crippen LogP contribution in [0.4, 0.5) is 10.1 Å². The molecule has 0 atom stereocenters. The molecule has 0 spiro atoms. The molecule has 4 rings (SSSR count). The van der Waals surface area contributed by atoms with E-state index in [4.69, 9.17) is 10.1 Å². The number of carboxylic acid groups (broad SMARTS) is 1. The first-order valence-corrected chi connectivity index (χ1v) is 11.8. The number of pyridine rings is 1. The monoisotopic (exact) mass is 482 g/mol. The van der Waals surface area contributed by atoms with E-state index in [-0.39, 0.29) is 23.9 Å². The topological polar surface area (TPSA) is 107 Å². The fourth-order valence-corrected chi connectivity index (χ4v) is 4.58. The third-order valence-corrected chi connectivity index (χ3v) is 6.40. The number of nitrogens with one attached hydrogen (secondary N) is 1. The van der Waals surface area contributed by atoms with Crippen LogP contribution in [0.5, 0.6) is 5.75 Å². The maximum atomic E-state index is 13.5. The first kappa shape index (κ1) is 24.6. The van der Waals surface area contributed by atoms with E-state index < -0.39 is 24.7 Å². The molecule has 0 bridgehead atoms. The molecule has 3 heterocycles. The number of ketones is 1. The lowest BCUT2D eigenvalue weighted by atomic mass is 9.84. The third-order valence-electron chi connectivity index (χ3n) is 6.40. The zero-order chi connectivity index (χ0) is 25.3. The number of Topliss-reactive ketones (excluding diaryl/α,β-unsaturated/α-hetero) is 1. The van der Waals surface area contributed by atoms with Crippen LogP contribution in [0.1, 0.15) is 66.5 Å². The molecule has 2 aliphatic rings. The van der Waals surface area contributed by atoms with Crippen molar-refractivity contribution in [3.63, 3.8) is 0 Å². The predicted molar refractivity (Wildman–Crippen MR) is 130 cm³/mol. The number of carboxylic acids is 1. The maximum absolute atomic E-state index is 13.5. The van der Waals surface area contributed by atoms with Gasteiger partial charge in [-0.1, -0.05) is 26.8 Å². The molecule has 0 radical (unpaired) electrons. The molecule has 1 aromatic carbocycles. The number of rotatable bonds is 8. The molecule has 35 heavy (non-hydrogen) atoms. The van der Waals surface area contributed by atoms with E-state index in [9.17, 15) is 19.1 Å². The van der Waals surface area contributed by atoms with Crippen molar-refractivity contribution in [2.45, 2.75) is 52.2 Å². The van der Waals surface area contributed by atoms with Gasteiger partial charge in [-0.3, -0.25) is 10.2 Å². The van der Waals surface area contributed by atoms with Crippen molar-refractivity contribution in [3.8, 4) is 5.75 Å². The largest absolute Gasteiger partial charge is 0.479 e. The number of fused-ring (bicyclic) bond motifs is 1. The lowest BCUT2D eigenvalue weighted by Crippen LogP contribution is -2.31. The molecule has 1 fully saturated rings. The van der Waals surface area contributed by atoms with Crippen LogP contribution < -0.4 is 9.64 Å². The summed E-state index contributed by atoms with van der Waals surface area (Å²) in [6, 6.07) is 6.93. The number of benzene rings is 1. The number of aliphatic carboxylic acids is 1. The fraction of sp³-hybridized carbons (Fsp3) is 0.462. The summed E-state index contributed by atoms with van der Waals surface area (Å²) in [6.45, 7) is 6.79. The van der Waals surface area contributed by atoms with Crippen molar-refractivity contribution in [3.05, 3.63) is 52.3 Å². The highest BCUT2D eigenvalue weighted by atomic mass is 19.1. The Kier molecular flexibility index (Phi) is 6.78. The molecule has 0 saturated carbocycles. The average Bonchev–Trinajstić information content (AvgIpc) is 3.45. The van der Waals surface area contributed by atoms with Gasteiger partial charge < -0.3 is 19.6 Å². The fourth-order valence-electron chi connectivity index (χ4n) is 4.58. The highest BCUT2D eigenvalue weighted by molar-refractivity contribution is 6.05. The lowest BCUT2D eigenvalue weighted by Gasteiger charge is -2.29. The number of alkyl halides is 1. The predicted octanol–water partition coefficient (Wildman–Crippen LogP) is 3.94. The summed E-state index contributed by atoms with van der Waals surface area (Å²) in [4.78, 5) is 32.7. The molecule has 0 unspecified atom stereocenters. The van der Waals surface area contributed by atoms with Crippen molar-refractivity contribution < 1.29 is 23.8 Å². The summed E-state index contributed by atoms with van der Waals surface area (Å²) < 4.78 is 18.8. The molecule has 186 valence electrons. The number of carbonyl (C=O) groups is 2. The Morgan fingerprint density at radius 2 is 1.91 bits per heavy atom. The molecule has 2 aromatic rings. The Morgan fingerprint density at radius 1 is 1.20 bits per heavy atom. The van der Waals surface area contributed by atoms with Crippen LogP contribution in [0, 0.1) is 5.41 Å². The van der Waals surface area contributed by atoms with Gasteiger partial charge >= 0.3 is 5.97 Å². The van der Waals surface area contributed by atoms with E-state index in [1.54, 1.807) is 29.2 Å². The Balaban J connectivity index is 1.67. The summed E-state index contributed by atoms with van der Waals surface area (Å²) in [5, 5.41) is 17.7. The van der Waals surface area contributed by atoms with Crippen molar-refractivity contribution in [2.75, 3.05) is 31.1 Å². The SMILES string of the molecule is CC(C)(C)c1cc(C(=O)CN2Cc3ccc(CF)nc3C2=N)cc(N2CCCC2)c1OCC(=O)O. The molecule has 0 amide bonds. The van der Waals surface area contributed by atoms with Gasteiger partial charge in [0, 0.05) is 36.3 Å². The minimum absolute atomic E-state index is 0.0154. The number of hydrogen-bond acceptors (Lipinski definition) is 6. The van der Waals surface area contributed by atoms with E-state index in [2.05, 4.69) is 9.88 Å². The van der Waals surface area contributed by atoms with Gasteiger partial charge in [-0.25, -0.2) is 14.2 Å². The van der Waals surface area contributed by atoms with Crippen molar-refractivity contribution in [1.29, 1.82) is 5.41 Å². The van der Waals surface area contributed by atoms with Crippen LogP contribution in [0.2, 0.25) is 0 Å². The highest BCUT2D eigenvalue weighted by Gasteiger charge is 2.31. The molecule has 8 nitrogen and oxygen atoms in total. The molecule has 0 aliphatic carbocycles. The van der Waals surface area contributed by atoms with E-state index >= 15 is 0 Å². The molecular weight excluding hydrogens is 451 g/mol. The van der Waals surface area contributed by atoms with Gasteiger partial charge in [-0.15, -0.1) is 0 Å². The number of carbonyl (C=O) groups excluding carboxylic acids is 1. The van der Waals surface area contributed by atoms with Gasteiger partial charge in [0.1, 0.15) is 24.0 Å². The minimum Gasteiger partial charge on any atom is -0.479 e. The number of amidine groups is 1. The lowest BCUT2D eigenvalue weighted by molar-refractivity contribution is -0.139. The number of nitrogens with zero attached hydrogens (tertiary/aromatic N) is 3. The van der Waals surface area contributed by atoms with Crippen molar-refractivity contribution in [2.24, 2.45) is 0 Å². The number of anilines is 1. The standard InChI is InChI=1S/C26H31FN4O4/c1-26(2,3)19-10-17(11-20(30-8-4-5-9-30)24(19)35-15-22(33)34)21(32)14-31-13-16-6-7-18(12-27)29-23(16)25(31)28/h6-7,10-11,28H,4-5,8-9,12-15H2,1-3H3,(H,33,34). The molecule has 2 aliphatic heterocycles. The summed E-state index contributed by atoms with van der Waals surface area (Å²) in [7, 11) is 0. The number of ether oxygens (including phenoxy) is 1. The van der Waals surface area contributed by atoms with Crippen LogP contribution in [0.3, 0.4) is 0 Å². The van der Waals surface area contributed by atoms with E-state index in [0.29, 0.717) is 23.6 Å². The number of aromatic nitrogens is 1. The van der Waals surface area contributed by atoms with Crippen LogP contribution in [-0.4, -0.2) is 58.8 Å². The molecule has 9 heteroatoms. The summed E-state index contributed by atoms with van der Waals surface area (Å²) in [6.07, 6.45) is 2.02. The average molecular weight is 483 g/mol. The molecule has 1 saturated heterocycles. The summed E-state index contributed by atoms with van der Waals surface area (Å²) in [5.74, 6) is -0.610. The van der Waals surface area contributed by atoms with Gasteiger partial charge in [0.05, 0.1) is 17.9 Å². The molecule has 2 N–H and O–H groups in total. The Hall–Kier alpha value is -3.49. The van der Waals surface area contributed by atoms with Gasteiger partial charge in [0.15, 0.2) is 12.4 Å². The van der Waals surface area contributed by atoms with Gasteiger partial charge in [0.25, 0.3) is 0 Å². The highest BCUT2D eigenvalue weighted by Crippen LogP contribution is 2.41. The van der Waals surface area contributed by atoms with Crippen LogP contribution in [0.15, 0.2) is 24.3 Å². The first-order valence-electron chi connectivity index (χ1n) is 11.8. The van der Waals surface area contributed by atoms with Crippen molar-refractivity contribution in [1.82, 2.24) is 9.88 Å². The van der Waals surface area contributed by atoms with Crippen LogP contribution in [-0.2, 0) is 23.4 Å². The van der Waals surface area contributed by atoms with E-state index in [1.165, 1.54) is 0 Å². The van der Waals surface area contributed by atoms with E-state index in [1.807, 2.05) is 20.8 Å². The molecule has 1 aromatic heterocycles. The normalized spacial score (nSPS) is 15.5.